The molecule has 20 heavy (non-hydrogen) atoms. The second-order valence-electron chi connectivity index (χ2n) is 4.46. The summed E-state index contributed by atoms with van der Waals surface area (Å²) in [5.74, 6) is 0.543. The van der Waals surface area contributed by atoms with Crippen LogP contribution >= 0.6 is 0 Å². The van der Waals surface area contributed by atoms with Gasteiger partial charge < -0.3 is 9.47 Å². The number of aryl methyl sites for hydroxylation is 1. The highest BCUT2D eigenvalue weighted by Gasteiger charge is 2.46. The van der Waals surface area contributed by atoms with E-state index in [0.29, 0.717) is 10.9 Å². The zero-order valence-electron chi connectivity index (χ0n) is 10.3. The number of carbonyl (C=O) groups is 1. The smallest absolute Gasteiger partial charge is 0.319 e. The highest BCUT2D eigenvalue weighted by molar-refractivity contribution is 7.80. The quantitative estimate of drug-likeness (QED) is 0.577. The number of nitrogens with zero attached hydrogens (tertiary/aromatic N) is 5. The van der Waals surface area contributed by atoms with E-state index in [1.165, 1.54) is 11.2 Å². The lowest BCUT2D eigenvalue weighted by Crippen LogP contribution is -2.35. The normalized spacial score (nSPS) is 25.6. The molecule has 1 fully saturated rings. The molecule has 2 aliphatic rings. The average Bonchev–Trinajstić information content (AvgIpc) is 2.87. The molecular formula is C9H11N5O5S. The van der Waals surface area contributed by atoms with Crippen LogP contribution in [0, 0.1) is 0 Å². The molecule has 1 unspecified atom stereocenters. The van der Waals surface area contributed by atoms with Crippen LogP contribution in [0.3, 0.4) is 0 Å². The molecule has 0 spiro atoms. The minimum Gasteiger partial charge on any atom is -0.319 e. The molecule has 1 saturated heterocycles. The van der Waals surface area contributed by atoms with Crippen molar-refractivity contribution in [2.45, 2.75) is 12.1 Å². The topological polar surface area (TPSA) is 118 Å². The Kier molecular flexibility index (Phi) is 2.77. The molecule has 0 radical (unpaired) electrons. The van der Waals surface area contributed by atoms with Crippen LogP contribution in [0.25, 0.3) is 0 Å². The zero-order valence-corrected chi connectivity index (χ0v) is 11.1. The lowest BCUT2D eigenvalue weighted by molar-refractivity contribution is -0.0186. The monoisotopic (exact) mass is 301 g/mol. The fourth-order valence-corrected chi connectivity index (χ4v) is 2.68. The van der Waals surface area contributed by atoms with Crippen molar-refractivity contribution in [1.82, 2.24) is 24.7 Å². The van der Waals surface area contributed by atoms with E-state index < -0.39 is 28.5 Å². The van der Waals surface area contributed by atoms with Gasteiger partial charge in [0, 0.05) is 7.05 Å². The second-order valence-corrected chi connectivity index (χ2v) is 5.46. The molecular weight excluding hydrogens is 290 g/mol. The fraction of sp³-hybridized carbons (Fsp3) is 0.444. The van der Waals surface area contributed by atoms with Crippen molar-refractivity contribution in [2.24, 2.45) is 7.05 Å². The van der Waals surface area contributed by atoms with Gasteiger partial charge in [0.25, 0.3) is 0 Å². The van der Waals surface area contributed by atoms with E-state index in [0.717, 1.165) is 0 Å². The molecule has 3 heterocycles. The average molecular weight is 301 g/mol. The molecule has 2 amide bonds. The Bertz CT molecular complexity index is 683. The summed E-state index contributed by atoms with van der Waals surface area (Å²) in [4.78, 5) is 13.5. The number of fused-ring (bicyclic) bond motifs is 2. The largest absolute Gasteiger partial charge is 0.418 e. The molecule has 0 saturated carbocycles. The van der Waals surface area contributed by atoms with Gasteiger partial charge in [0.1, 0.15) is 12.4 Å². The van der Waals surface area contributed by atoms with Gasteiger partial charge in [0.05, 0.1) is 12.6 Å². The number of urea groups is 1. The van der Waals surface area contributed by atoms with E-state index in [9.17, 15) is 13.2 Å². The van der Waals surface area contributed by atoms with E-state index in [1.807, 2.05) is 0 Å². The van der Waals surface area contributed by atoms with Crippen LogP contribution in [-0.4, -0.2) is 56.3 Å². The molecule has 0 aliphatic carbocycles. The standard InChI is InChI=1S/C9H11N5O5S/c1-12-5-10-11-8(12)7-3-2-6-4-13(7)9(15)14(6)19-20(16,17)18/h2-3,5-7H,4H2,1H3,(H,16,17,18)/t6?,7-/m0/s1. The third kappa shape index (κ3) is 2.05. The maximum atomic E-state index is 12.1. The number of aromatic nitrogens is 3. The maximum absolute atomic E-state index is 12.1. The maximum Gasteiger partial charge on any atom is 0.418 e. The van der Waals surface area contributed by atoms with Crippen LogP contribution in [-0.2, 0) is 21.7 Å². The Morgan fingerprint density at radius 3 is 2.80 bits per heavy atom. The summed E-state index contributed by atoms with van der Waals surface area (Å²) in [5.41, 5.74) is 0. The Hall–Kier alpha value is -1.98. The van der Waals surface area contributed by atoms with Crippen LogP contribution in [0.1, 0.15) is 11.9 Å². The molecule has 2 bridgehead atoms. The number of carbonyl (C=O) groups excluding carboxylic acids is 1. The molecule has 2 aliphatic heterocycles. The summed E-state index contributed by atoms with van der Waals surface area (Å²) in [6.07, 6.45) is 4.84. The van der Waals surface area contributed by atoms with Crippen molar-refractivity contribution in [1.29, 1.82) is 0 Å². The molecule has 1 aromatic rings. The molecule has 0 aromatic carbocycles. The van der Waals surface area contributed by atoms with Crippen molar-refractivity contribution in [3.8, 4) is 0 Å². The highest BCUT2D eigenvalue weighted by Crippen LogP contribution is 2.33. The number of hydroxylamine groups is 2. The fourth-order valence-electron chi connectivity index (χ4n) is 2.31. The predicted octanol–water partition coefficient (Wildman–Crippen LogP) is -0.733. The van der Waals surface area contributed by atoms with E-state index >= 15 is 0 Å². The number of hydrogen-bond acceptors (Lipinski definition) is 6. The SMILES string of the molecule is Cn1cnnc1[C@@H]1C=CC2CN1C(=O)N2OS(=O)(=O)O. The first-order valence-corrected chi connectivity index (χ1v) is 7.02. The van der Waals surface area contributed by atoms with Gasteiger partial charge in [-0.2, -0.15) is 13.5 Å². The van der Waals surface area contributed by atoms with Crippen LogP contribution in [0.5, 0.6) is 0 Å². The minimum atomic E-state index is -4.75. The van der Waals surface area contributed by atoms with Crippen molar-refractivity contribution >= 4 is 16.4 Å². The highest BCUT2D eigenvalue weighted by atomic mass is 32.3. The first-order valence-electron chi connectivity index (χ1n) is 5.66. The summed E-state index contributed by atoms with van der Waals surface area (Å²) in [6, 6.07) is -1.69. The van der Waals surface area contributed by atoms with Gasteiger partial charge >= 0.3 is 16.4 Å². The second kappa shape index (κ2) is 4.26. The summed E-state index contributed by atoms with van der Waals surface area (Å²) in [6.45, 7) is 0.238. The lowest BCUT2D eigenvalue weighted by atomic mass is 10.1. The number of rotatable bonds is 3. The van der Waals surface area contributed by atoms with Crippen molar-refractivity contribution in [3.05, 3.63) is 24.3 Å². The number of hydrogen-bond donors (Lipinski definition) is 1. The Balaban J connectivity index is 1.90. The van der Waals surface area contributed by atoms with E-state index in [-0.39, 0.29) is 6.54 Å². The van der Waals surface area contributed by atoms with Crippen LogP contribution in [0.15, 0.2) is 18.5 Å². The van der Waals surface area contributed by atoms with Crippen molar-refractivity contribution in [2.75, 3.05) is 6.54 Å². The minimum absolute atomic E-state index is 0.238. The molecule has 108 valence electrons. The Labute approximate surface area is 114 Å². The van der Waals surface area contributed by atoms with E-state index in [2.05, 4.69) is 14.5 Å². The third-order valence-corrected chi connectivity index (χ3v) is 3.50. The molecule has 3 rings (SSSR count). The van der Waals surface area contributed by atoms with E-state index in [1.54, 1.807) is 23.8 Å². The summed E-state index contributed by atoms with van der Waals surface area (Å²) in [5, 5.41) is 8.30. The first kappa shape index (κ1) is 13.0. The molecule has 1 N–H and O–H groups in total. The summed E-state index contributed by atoms with van der Waals surface area (Å²) in [7, 11) is -3.01. The van der Waals surface area contributed by atoms with Gasteiger partial charge in [0.15, 0.2) is 5.82 Å². The van der Waals surface area contributed by atoms with Gasteiger partial charge in [-0.25, -0.2) is 4.79 Å². The van der Waals surface area contributed by atoms with Gasteiger partial charge in [0.2, 0.25) is 0 Å². The molecule has 1 aromatic heterocycles. The molecule has 11 heteroatoms. The lowest BCUT2D eigenvalue weighted by Gasteiger charge is -2.25. The van der Waals surface area contributed by atoms with Crippen LogP contribution in [0.2, 0.25) is 0 Å². The van der Waals surface area contributed by atoms with Gasteiger partial charge in [-0.05, 0) is 0 Å². The zero-order chi connectivity index (χ0) is 14.5. The van der Waals surface area contributed by atoms with Crippen LogP contribution < -0.4 is 0 Å². The van der Waals surface area contributed by atoms with Gasteiger partial charge in [-0.3, -0.25) is 4.55 Å². The van der Waals surface area contributed by atoms with Gasteiger partial charge in [-0.15, -0.1) is 14.5 Å². The first-order chi connectivity index (χ1) is 9.37. The van der Waals surface area contributed by atoms with E-state index in [4.69, 9.17) is 4.55 Å². The molecule has 2 atom stereocenters. The van der Waals surface area contributed by atoms with Gasteiger partial charge in [-0.1, -0.05) is 12.2 Å². The summed E-state index contributed by atoms with van der Waals surface area (Å²) < 4.78 is 36.2. The predicted molar refractivity (Wildman–Crippen MR) is 63.2 cm³/mol. The third-order valence-electron chi connectivity index (χ3n) is 3.16. The Morgan fingerprint density at radius 2 is 2.20 bits per heavy atom. The van der Waals surface area contributed by atoms with Crippen LogP contribution in [0.4, 0.5) is 4.79 Å². The number of amides is 2. The van der Waals surface area contributed by atoms with Crippen molar-refractivity contribution in [3.63, 3.8) is 0 Å². The Morgan fingerprint density at radius 1 is 1.45 bits per heavy atom. The molecule has 10 nitrogen and oxygen atoms in total. The summed E-state index contributed by atoms with van der Waals surface area (Å²) >= 11 is 0. The van der Waals surface area contributed by atoms with Crippen molar-refractivity contribution < 1.29 is 22.0 Å².